The fourth-order valence-electron chi connectivity index (χ4n) is 3.19. The van der Waals surface area contributed by atoms with Gasteiger partial charge in [-0.05, 0) is 43.7 Å². The Labute approximate surface area is 177 Å². The molecule has 1 amide bonds. The maximum atomic E-state index is 12.1. The number of guanidine groups is 1. The highest BCUT2D eigenvalue weighted by molar-refractivity contribution is 5.94. The number of hydrogen-bond donors (Lipinski definition) is 3. The number of aryl methyl sites for hydroxylation is 2. The molecule has 1 aromatic heterocycles. The normalized spacial score (nSPS) is 11.2. The van der Waals surface area contributed by atoms with Crippen LogP contribution in [0, 0.1) is 13.8 Å². The Morgan fingerprint density at radius 3 is 2.37 bits per heavy atom. The smallest absolute Gasteiger partial charge is 0.251 e. The summed E-state index contributed by atoms with van der Waals surface area (Å²) in [6.45, 7) is 5.71. The summed E-state index contributed by atoms with van der Waals surface area (Å²) in [5, 5.41) is 14.0. The summed E-state index contributed by atoms with van der Waals surface area (Å²) < 4.78 is 1.96. The largest absolute Gasteiger partial charge is 0.355 e. The van der Waals surface area contributed by atoms with Crippen molar-refractivity contribution >= 4 is 11.9 Å². The number of aromatic nitrogens is 2. The van der Waals surface area contributed by atoms with Crippen molar-refractivity contribution in [3.8, 4) is 5.69 Å². The number of para-hydroxylation sites is 1. The standard InChI is InChI=1S/C23H28N6O/c1-17-15-18(2)29(28-17)21-12-8-7-11-20(21)16-27-23(24-3)26-14-13-25-22(30)19-9-5-4-6-10-19/h4-12,15H,13-14,16H2,1-3H3,(H,25,30)(H2,24,26,27). The van der Waals surface area contributed by atoms with E-state index < -0.39 is 0 Å². The van der Waals surface area contributed by atoms with Gasteiger partial charge in [0.2, 0.25) is 0 Å². The summed E-state index contributed by atoms with van der Waals surface area (Å²) in [4.78, 5) is 16.3. The van der Waals surface area contributed by atoms with Crippen LogP contribution in [0.4, 0.5) is 0 Å². The highest BCUT2D eigenvalue weighted by atomic mass is 16.1. The van der Waals surface area contributed by atoms with E-state index in [0.717, 1.165) is 22.6 Å². The van der Waals surface area contributed by atoms with Gasteiger partial charge in [0, 0.05) is 37.9 Å². The van der Waals surface area contributed by atoms with Crippen LogP contribution in [0.3, 0.4) is 0 Å². The highest BCUT2D eigenvalue weighted by Gasteiger charge is 2.09. The maximum Gasteiger partial charge on any atom is 0.251 e. The number of amides is 1. The van der Waals surface area contributed by atoms with Gasteiger partial charge in [-0.3, -0.25) is 9.79 Å². The molecule has 156 valence electrons. The van der Waals surface area contributed by atoms with Gasteiger partial charge in [0.15, 0.2) is 5.96 Å². The zero-order valence-electron chi connectivity index (χ0n) is 17.6. The van der Waals surface area contributed by atoms with Crippen molar-refractivity contribution in [3.05, 3.63) is 83.2 Å². The van der Waals surface area contributed by atoms with Crippen LogP contribution in [0.15, 0.2) is 65.7 Å². The molecule has 0 unspecified atom stereocenters. The molecule has 0 atom stereocenters. The maximum absolute atomic E-state index is 12.1. The lowest BCUT2D eigenvalue weighted by atomic mass is 10.1. The predicted molar refractivity (Wildman–Crippen MR) is 120 cm³/mol. The van der Waals surface area contributed by atoms with E-state index in [4.69, 9.17) is 0 Å². The van der Waals surface area contributed by atoms with E-state index in [0.29, 0.717) is 31.2 Å². The minimum atomic E-state index is -0.0841. The fourth-order valence-corrected chi connectivity index (χ4v) is 3.19. The number of carbonyl (C=O) groups is 1. The molecule has 0 bridgehead atoms. The van der Waals surface area contributed by atoms with Crippen LogP contribution in [0.5, 0.6) is 0 Å². The topological polar surface area (TPSA) is 83.3 Å². The van der Waals surface area contributed by atoms with Gasteiger partial charge in [0.05, 0.1) is 11.4 Å². The molecule has 3 rings (SSSR count). The molecule has 3 aromatic rings. The third-order valence-corrected chi connectivity index (χ3v) is 4.64. The van der Waals surface area contributed by atoms with E-state index in [-0.39, 0.29) is 5.91 Å². The Morgan fingerprint density at radius 2 is 1.67 bits per heavy atom. The first kappa shape index (κ1) is 21.1. The molecule has 0 aliphatic carbocycles. The average molecular weight is 405 g/mol. The number of aliphatic imine (C=N–C) groups is 1. The van der Waals surface area contributed by atoms with Gasteiger partial charge in [-0.1, -0.05) is 36.4 Å². The Morgan fingerprint density at radius 1 is 0.967 bits per heavy atom. The molecule has 30 heavy (non-hydrogen) atoms. The van der Waals surface area contributed by atoms with Gasteiger partial charge < -0.3 is 16.0 Å². The Bertz CT molecular complexity index is 1010. The van der Waals surface area contributed by atoms with Crippen LogP contribution in [-0.4, -0.2) is 41.8 Å². The summed E-state index contributed by atoms with van der Waals surface area (Å²) in [5.74, 6) is 0.589. The summed E-state index contributed by atoms with van der Waals surface area (Å²) in [6, 6.07) is 19.4. The van der Waals surface area contributed by atoms with Crippen LogP contribution in [0.25, 0.3) is 5.69 Å². The lowest BCUT2D eigenvalue weighted by molar-refractivity contribution is 0.0954. The van der Waals surface area contributed by atoms with E-state index in [1.165, 1.54) is 0 Å². The van der Waals surface area contributed by atoms with Crippen molar-refractivity contribution in [1.82, 2.24) is 25.7 Å². The minimum absolute atomic E-state index is 0.0841. The number of nitrogens with one attached hydrogen (secondary N) is 3. The Kier molecular flexibility index (Phi) is 7.21. The number of rotatable bonds is 7. The average Bonchev–Trinajstić information content (AvgIpc) is 3.11. The molecule has 0 saturated heterocycles. The molecule has 0 saturated carbocycles. The molecular weight excluding hydrogens is 376 g/mol. The van der Waals surface area contributed by atoms with Crippen molar-refractivity contribution in [2.24, 2.45) is 4.99 Å². The second-order valence-corrected chi connectivity index (χ2v) is 6.94. The second kappa shape index (κ2) is 10.2. The number of nitrogens with zero attached hydrogens (tertiary/aromatic N) is 3. The fraction of sp³-hybridized carbons (Fsp3) is 0.261. The molecule has 0 radical (unpaired) electrons. The van der Waals surface area contributed by atoms with Crippen LogP contribution < -0.4 is 16.0 Å². The zero-order valence-corrected chi connectivity index (χ0v) is 17.6. The minimum Gasteiger partial charge on any atom is -0.355 e. The second-order valence-electron chi connectivity index (χ2n) is 6.94. The predicted octanol–water partition coefficient (Wildman–Crippen LogP) is 2.58. The molecule has 2 aromatic carbocycles. The molecule has 7 heteroatoms. The van der Waals surface area contributed by atoms with E-state index in [2.05, 4.69) is 51.2 Å². The van der Waals surface area contributed by atoms with Crippen LogP contribution in [0.1, 0.15) is 27.3 Å². The quantitative estimate of drug-likeness (QED) is 0.321. The summed E-state index contributed by atoms with van der Waals surface area (Å²) in [6.07, 6.45) is 0. The first-order chi connectivity index (χ1) is 14.6. The Balaban J connectivity index is 1.52. The van der Waals surface area contributed by atoms with E-state index in [9.17, 15) is 4.79 Å². The molecule has 0 aliphatic heterocycles. The van der Waals surface area contributed by atoms with Crippen molar-refractivity contribution < 1.29 is 4.79 Å². The molecule has 3 N–H and O–H groups in total. The molecular formula is C23H28N6O. The van der Waals surface area contributed by atoms with Crippen molar-refractivity contribution in [2.45, 2.75) is 20.4 Å². The van der Waals surface area contributed by atoms with Crippen molar-refractivity contribution in [3.63, 3.8) is 0 Å². The van der Waals surface area contributed by atoms with Gasteiger partial charge in [0.1, 0.15) is 0 Å². The lowest BCUT2D eigenvalue weighted by Gasteiger charge is -2.15. The van der Waals surface area contributed by atoms with Crippen LogP contribution in [-0.2, 0) is 6.54 Å². The lowest BCUT2D eigenvalue weighted by Crippen LogP contribution is -2.41. The third kappa shape index (κ3) is 5.47. The van der Waals surface area contributed by atoms with Gasteiger partial charge in [-0.25, -0.2) is 4.68 Å². The monoisotopic (exact) mass is 404 g/mol. The highest BCUT2D eigenvalue weighted by Crippen LogP contribution is 2.16. The van der Waals surface area contributed by atoms with E-state index in [1.54, 1.807) is 19.2 Å². The molecule has 1 heterocycles. The summed E-state index contributed by atoms with van der Waals surface area (Å²) in [7, 11) is 1.73. The summed E-state index contributed by atoms with van der Waals surface area (Å²) in [5.41, 5.74) is 4.90. The van der Waals surface area contributed by atoms with E-state index in [1.807, 2.05) is 41.9 Å². The van der Waals surface area contributed by atoms with Crippen molar-refractivity contribution in [1.29, 1.82) is 0 Å². The molecule has 0 aliphatic rings. The van der Waals surface area contributed by atoms with E-state index >= 15 is 0 Å². The number of benzene rings is 2. The third-order valence-electron chi connectivity index (χ3n) is 4.64. The summed E-state index contributed by atoms with van der Waals surface area (Å²) >= 11 is 0. The number of hydrogen-bond acceptors (Lipinski definition) is 3. The molecule has 7 nitrogen and oxygen atoms in total. The molecule has 0 fully saturated rings. The number of carbonyl (C=O) groups excluding carboxylic acids is 1. The van der Waals surface area contributed by atoms with Crippen LogP contribution in [0.2, 0.25) is 0 Å². The molecule has 0 spiro atoms. The van der Waals surface area contributed by atoms with Crippen LogP contribution >= 0.6 is 0 Å². The SMILES string of the molecule is CN=C(NCCNC(=O)c1ccccc1)NCc1ccccc1-n1nc(C)cc1C. The van der Waals surface area contributed by atoms with Gasteiger partial charge >= 0.3 is 0 Å². The first-order valence-corrected chi connectivity index (χ1v) is 9.98. The zero-order chi connectivity index (χ0) is 21.3. The van der Waals surface area contributed by atoms with Gasteiger partial charge in [-0.15, -0.1) is 0 Å². The van der Waals surface area contributed by atoms with Crippen molar-refractivity contribution in [2.75, 3.05) is 20.1 Å². The Hall–Kier alpha value is -3.61. The first-order valence-electron chi connectivity index (χ1n) is 9.98. The van der Waals surface area contributed by atoms with Gasteiger partial charge in [0.25, 0.3) is 5.91 Å². The van der Waals surface area contributed by atoms with Gasteiger partial charge in [-0.2, -0.15) is 5.10 Å².